The first-order valence-electron chi connectivity index (χ1n) is 9.79. The van der Waals surface area contributed by atoms with Crippen LogP contribution in [0.3, 0.4) is 0 Å². The van der Waals surface area contributed by atoms with Crippen LogP contribution in [0.4, 0.5) is 4.79 Å². The molecule has 1 unspecified atom stereocenters. The molecule has 30 heavy (non-hydrogen) atoms. The maximum Gasteiger partial charge on any atom is 0.407 e. The molecule has 0 aromatic heterocycles. The maximum absolute atomic E-state index is 12.1. The molecule has 168 valence electrons. The lowest BCUT2D eigenvalue weighted by Crippen LogP contribution is -2.42. The fraction of sp³-hybridized carbons (Fsp3) is 0.571. The van der Waals surface area contributed by atoms with E-state index in [1.165, 1.54) is 0 Å². The number of nitrogens with two attached hydrogens (primary N) is 1. The second-order valence-corrected chi connectivity index (χ2v) is 8.52. The Bertz CT molecular complexity index is 761. The summed E-state index contributed by atoms with van der Waals surface area (Å²) in [4.78, 5) is 34.0. The highest BCUT2D eigenvalue weighted by Crippen LogP contribution is 2.31. The number of carboxylic acids is 1. The summed E-state index contributed by atoms with van der Waals surface area (Å²) in [5, 5.41) is 11.9. The van der Waals surface area contributed by atoms with Crippen molar-refractivity contribution in [3.05, 3.63) is 28.3 Å². The number of carboxylic acid groups (broad SMARTS) is 1. The predicted molar refractivity (Wildman–Crippen MR) is 114 cm³/mol. The summed E-state index contributed by atoms with van der Waals surface area (Å²) in [6, 6.07) is 3.14. The lowest BCUT2D eigenvalue weighted by molar-refractivity contribution is -0.137. The minimum atomic E-state index is -0.860. The van der Waals surface area contributed by atoms with E-state index in [0.717, 1.165) is 11.1 Å². The molecule has 8 nitrogen and oxygen atoms in total. The Kier molecular flexibility index (Phi) is 9.92. The van der Waals surface area contributed by atoms with Crippen LogP contribution in [-0.2, 0) is 20.7 Å². The van der Waals surface area contributed by atoms with E-state index in [2.05, 4.69) is 5.32 Å². The summed E-state index contributed by atoms with van der Waals surface area (Å²) >= 11 is 6.44. The van der Waals surface area contributed by atoms with Crippen LogP contribution in [0.1, 0.15) is 57.6 Å². The summed E-state index contributed by atoms with van der Waals surface area (Å²) in [5.74, 6) is -0.918. The summed E-state index contributed by atoms with van der Waals surface area (Å²) in [5.41, 5.74) is 6.27. The Hall–Kier alpha value is -2.48. The number of ether oxygens (including phenoxy) is 2. The zero-order valence-corrected chi connectivity index (χ0v) is 18.7. The van der Waals surface area contributed by atoms with Crippen LogP contribution in [0.25, 0.3) is 0 Å². The number of halogens is 1. The highest BCUT2D eigenvalue weighted by Gasteiger charge is 2.21. The first kappa shape index (κ1) is 25.6. The van der Waals surface area contributed by atoms with Gasteiger partial charge in [0.25, 0.3) is 0 Å². The Labute approximate surface area is 182 Å². The number of amides is 2. The number of aryl methyl sites for hydroxylation is 2. The summed E-state index contributed by atoms with van der Waals surface area (Å²) in [6.45, 7) is 7.19. The van der Waals surface area contributed by atoms with Gasteiger partial charge < -0.3 is 25.6 Å². The van der Waals surface area contributed by atoms with Crippen molar-refractivity contribution in [2.45, 2.75) is 71.4 Å². The van der Waals surface area contributed by atoms with Gasteiger partial charge in [0.15, 0.2) is 0 Å². The van der Waals surface area contributed by atoms with Gasteiger partial charge in [-0.3, -0.25) is 9.59 Å². The third-order valence-corrected chi connectivity index (χ3v) is 4.42. The fourth-order valence-corrected chi connectivity index (χ4v) is 2.96. The van der Waals surface area contributed by atoms with Gasteiger partial charge in [-0.05, 0) is 64.2 Å². The molecule has 0 aliphatic rings. The summed E-state index contributed by atoms with van der Waals surface area (Å²) in [7, 11) is 0. The van der Waals surface area contributed by atoms with Crippen LogP contribution in [0.2, 0.25) is 5.02 Å². The monoisotopic (exact) mass is 442 g/mol. The van der Waals surface area contributed by atoms with E-state index in [4.69, 9.17) is 31.9 Å². The van der Waals surface area contributed by atoms with E-state index in [-0.39, 0.29) is 25.9 Å². The number of benzene rings is 1. The fourth-order valence-electron chi connectivity index (χ4n) is 2.70. The Morgan fingerprint density at radius 3 is 2.47 bits per heavy atom. The molecule has 0 bridgehead atoms. The normalized spacial score (nSPS) is 12.2. The van der Waals surface area contributed by atoms with E-state index >= 15 is 0 Å². The van der Waals surface area contributed by atoms with Gasteiger partial charge in [0.2, 0.25) is 5.91 Å². The van der Waals surface area contributed by atoms with Crippen molar-refractivity contribution in [2.24, 2.45) is 5.73 Å². The number of rotatable bonds is 11. The van der Waals surface area contributed by atoms with Gasteiger partial charge in [-0.25, -0.2) is 4.79 Å². The second-order valence-electron chi connectivity index (χ2n) is 8.14. The molecular weight excluding hydrogens is 412 g/mol. The van der Waals surface area contributed by atoms with Crippen molar-refractivity contribution in [2.75, 3.05) is 6.61 Å². The Morgan fingerprint density at radius 1 is 1.23 bits per heavy atom. The molecule has 0 saturated carbocycles. The van der Waals surface area contributed by atoms with Crippen LogP contribution in [-0.4, -0.2) is 41.3 Å². The van der Waals surface area contributed by atoms with E-state index in [1.807, 2.05) is 13.0 Å². The first-order valence-corrected chi connectivity index (χ1v) is 10.2. The van der Waals surface area contributed by atoms with Gasteiger partial charge in [-0.1, -0.05) is 17.7 Å². The van der Waals surface area contributed by atoms with Crippen molar-refractivity contribution in [1.82, 2.24) is 5.32 Å². The number of aliphatic carboxylic acids is 1. The van der Waals surface area contributed by atoms with Gasteiger partial charge in [-0.15, -0.1) is 0 Å². The highest BCUT2D eigenvalue weighted by atomic mass is 35.5. The molecule has 4 N–H and O–H groups in total. The average Bonchev–Trinajstić information content (AvgIpc) is 2.58. The number of hydrogen-bond acceptors (Lipinski definition) is 5. The minimum absolute atomic E-state index is 0.0511. The van der Waals surface area contributed by atoms with Crippen LogP contribution < -0.4 is 15.8 Å². The molecule has 0 aliphatic heterocycles. The molecule has 1 atom stereocenters. The molecular formula is C21H31ClN2O6. The molecule has 0 aliphatic carbocycles. The SMILES string of the molecule is Cc1cc(CCCC(=O)O)c(Cl)c(OCC(CCC(N)=O)NC(=O)OC(C)(C)C)c1. The largest absolute Gasteiger partial charge is 0.490 e. The second kappa shape index (κ2) is 11.6. The van der Waals surface area contributed by atoms with Crippen LogP contribution in [0.5, 0.6) is 5.75 Å². The Balaban J connectivity index is 2.85. The maximum atomic E-state index is 12.1. The number of alkyl carbamates (subject to hydrolysis) is 1. The molecule has 1 aromatic rings. The smallest absolute Gasteiger partial charge is 0.407 e. The molecule has 1 rings (SSSR count). The van der Waals surface area contributed by atoms with Gasteiger partial charge in [-0.2, -0.15) is 0 Å². The third kappa shape index (κ3) is 10.3. The van der Waals surface area contributed by atoms with E-state index < -0.39 is 29.6 Å². The standard InChI is InChI=1S/C21H31ClN2O6/c1-13-10-14(6-5-7-18(26)27)19(22)16(11-13)29-12-15(8-9-17(23)25)24-20(28)30-21(2,3)4/h10-11,15H,5-9,12H2,1-4H3,(H2,23,25)(H,24,28)(H,26,27). The number of hydrogen-bond donors (Lipinski definition) is 3. The van der Waals surface area contributed by atoms with Crippen LogP contribution in [0, 0.1) is 6.92 Å². The topological polar surface area (TPSA) is 128 Å². The van der Waals surface area contributed by atoms with Gasteiger partial charge in [0.1, 0.15) is 18.0 Å². The predicted octanol–water partition coefficient (Wildman–Crippen LogP) is 3.59. The van der Waals surface area contributed by atoms with E-state index in [9.17, 15) is 14.4 Å². The van der Waals surface area contributed by atoms with Crippen molar-refractivity contribution < 1.29 is 29.0 Å². The molecule has 0 heterocycles. The number of nitrogens with one attached hydrogen (secondary N) is 1. The van der Waals surface area contributed by atoms with E-state index in [1.54, 1.807) is 26.8 Å². The molecule has 2 amide bonds. The van der Waals surface area contributed by atoms with Crippen LogP contribution >= 0.6 is 11.6 Å². The highest BCUT2D eigenvalue weighted by molar-refractivity contribution is 6.32. The first-order chi connectivity index (χ1) is 13.9. The molecule has 0 fully saturated rings. The van der Waals surface area contributed by atoms with Crippen molar-refractivity contribution in [1.29, 1.82) is 0 Å². The van der Waals surface area contributed by atoms with Crippen molar-refractivity contribution in [3.8, 4) is 5.75 Å². The minimum Gasteiger partial charge on any atom is -0.490 e. The third-order valence-electron chi connectivity index (χ3n) is 4.00. The number of primary amides is 1. The summed E-state index contributed by atoms with van der Waals surface area (Å²) in [6.07, 6.45) is 0.749. The zero-order chi connectivity index (χ0) is 22.9. The van der Waals surface area contributed by atoms with Crippen molar-refractivity contribution >= 4 is 29.6 Å². The summed E-state index contributed by atoms with van der Waals surface area (Å²) < 4.78 is 11.1. The molecule has 0 radical (unpaired) electrons. The van der Waals surface area contributed by atoms with Gasteiger partial charge in [0.05, 0.1) is 11.1 Å². The number of carbonyl (C=O) groups excluding carboxylic acids is 2. The Morgan fingerprint density at radius 2 is 1.90 bits per heavy atom. The lowest BCUT2D eigenvalue weighted by atomic mass is 10.0. The van der Waals surface area contributed by atoms with Gasteiger partial charge >= 0.3 is 12.1 Å². The van der Waals surface area contributed by atoms with E-state index in [0.29, 0.717) is 23.6 Å². The molecule has 9 heteroatoms. The van der Waals surface area contributed by atoms with Crippen LogP contribution in [0.15, 0.2) is 12.1 Å². The number of carbonyl (C=O) groups is 3. The lowest BCUT2D eigenvalue weighted by Gasteiger charge is -2.24. The molecule has 0 saturated heterocycles. The quantitative estimate of drug-likeness (QED) is 0.480. The average molecular weight is 443 g/mol. The molecule has 1 aromatic carbocycles. The zero-order valence-electron chi connectivity index (χ0n) is 17.9. The van der Waals surface area contributed by atoms with Gasteiger partial charge in [0, 0.05) is 12.8 Å². The van der Waals surface area contributed by atoms with Crippen molar-refractivity contribution in [3.63, 3.8) is 0 Å². The molecule has 0 spiro atoms.